The van der Waals surface area contributed by atoms with Crippen molar-refractivity contribution in [3.8, 4) is 17.2 Å². The van der Waals surface area contributed by atoms with Crippen LogP contribution in [0, 0.1) is 0 Å². The van der Waals surface area contributed by atoms with Gasteiger partial charge in [-0.3, -0.25) is 4.90 Å². The highest BCUT2D eigenvalue weighted by molar-refractivity contribution is 7.84. The predicted molar refractivity (Wildman–Crippen MR) is 85.4 cm³/mol. The third-order valence-electron chi connectivity index (χ3n) is 3.38. The van der Waals surface area contributed by atoms with E-state index in [9.17, 15) is 13.2 Å². The van der Waals surface area contributed by atoms with Crippen molar-refractivity contribution < 1.29 is 26.9 Å². The van der Waals surface area contributed by atoms with Crippen molar-refractivity contribution in [2.45, 2.75) is 6.54 Å². The molecule has 0 saturated carbocycles. The molecule has 8 nitrogen and oxygen atoms in total. The van der Waals surface area contributed by atoms with Gasteiger partial charge >= 0.3 is 16.4 Å². The Balaban J connectivity index is 1.83. The predicted octanol–water partition coefficient (Wildman–Crippen LogP) is 1.80. The van der Waals surface area contributed by atoms with Crippen molar-refractivity contribution in [1.82, 2.24) is 0 Å². The first-order valence-electron chi connectivity index (χ1n) is 6.84. The molecule has 0 fully saturated rings. The first-order chi connectivity index (χ1) is 11.4. The molecule has 1 amide bonds. The lowest BCUT2D eigenvalue weighted by atomic mass is 10.1. The number of nitrogens with two attached hydrogens (primary N) is 1. The number of amides is 1. The van der Waals surface area contributed by atoms with Gasteiger partial charge in [-0.2, -0.15) is 13.6 Å². The lowest BCUT2D eigenvalue weighted by Gasteiger charge is -2.28. The van der Waals surface area contributed by atoms with Crippen molar-refractivity contribution in [2.24, 2.45) is 5.14 Å². The fourth-order valence-electron chi connectivity index (χ4n) is 2.28. The number of methoxy groups -OCH3 is 1. The number of fused-ring (bicyclic) bond motifs is 1. The number of anilines is 1. The van der Waals surface area contributed by atoms with Gasteiger partial charge in [0.15, 0.2) is 0 Å². The Morgan fingerprint density at radius 3 is 2.42 bits per heavy atom. The van der Waals surface area contributed by atoms with Crippen LogP contribution in [0.3, 0.4) is 0 Å². The normalized spacial score (nSPS) is 13.9. The van der Waals surface area contributed by atoms with Crippen LogP contribution >= 0.6 is 0 Å². The van der Waals surface area contributed by atoms with Crippen molar-refractivity contribution in [1.29, 1.82) is 0 Å². The maximum atomic E-state index is 12.2. The SMILES string of the molecule is COc1ccc2c(c1)OC(=O)N(c1ccc(OS(N)(=O)=O)cc1)C2. The number of hydrogen-bond acceptors (Lipinski definition) is 6. The van der Waals surface area contributed by atoms with Crippen LogP contribution in [0.2, 0.25) is 0 Å². The molecule has 0 bridgehead atoms. The Labute approximate surface area is 138 Å². The highest BCUT2D eigenvalue weighted by Gasteiger charge is 2.26. The molecular formula is C15H14N2O6S. The van der Waals surface area contributed by atoms with Crippen LogP contribution in [0.5, 0.6) is 17.2 Å². The quantitative estimate of drug-likeness (QED) is 0.901. The maximum Gasteiger partial charge on any atom is 0.420 e. The Kier molecular flexibility index (Phi) is 4.04. The van der Waals surface area contributed by atoms with E-state index in [0.717, 1.165) is 5.56 Å². The minimum atomic E-state index is -4.09. The summed E-state index contributed by atoms with van der Waals surface area (Å²) in [6.45, 7) is 0.313. The Bertz CT molecular complexity index is 879. The fourth-order valence-corrected chi connectivity index (χ4v) is 2.66. The molecule has 0 saturated heterocycles. The first-order valence-corrected chi connectivity index (χ1v) is 8.31. The minimum absolute atomic E-state index is 0.0526. The molecule has 9 heteroatoms. The molecule has 2 aromatic rings. The van der Waals surface area contributed by atoms with Crippen molar-refractivity contribution in [3.05, 3.63) is 48.0 Å². The summed E-state index contributed by atoms with van der Waals surface area (Å²) in [7, 11) is -2.56. The first kappa shape index (κ1) is 16.1. The summed E-state index contributed by atoms with van der Waals surface area (Å²) in [6.07, 6.45) is -0.545. The topological polar surface area (TPSA) is 108 Å². The van der Waals surface area contributed by atoms with Gasteiger partial charge in [-0.15, -0.1) is 0 Å². The summed E-state index contributed by atoms with van der Waals surface area (Å²) in [5, 5.41) is 4.80. The molecule has 1 aliphatic heterocycles. The van der Waals surface area contributed by atoms with Crippen molar-refractivity contribution >= 4 is 22.1 Å². The summed E-state index contributed by atoms with van der Waals surface area (Å²) >= 11 is 0. The van der Waals surface area contributed by atoms with Gasteiger partial charge in [0.1, 0.15) is 17.2 Å². The summed E-state index contributed by atoms with van der Waals surface area (Å²) in [4.78, 5) is 13.6. The van der Waals surface area contributed by atoms with Gasteiger partial charge in [-0.1, -0.05) is 0 Å². The number of carbonyl (C=O) groups is 1. The molecule has 1 heterocycles. The zero-order valence-corrected chi connectivity index (χ0v) is 13.4. The fraction of sp³-hybridized carbons (Fsp3) is 0.133. The van der Waals surface area contributed by atoms with Gasteiger partial charge < -0.3 is 13.7 Å². The lowest BCUT2D eigenvalue weighted by molar-refractivity contribution is 0.202. The van der Waals surface area contributed by atoms with Crippen LogP contribution in [0.15, 0.2) is 42.5 Å². The number of hydrogen-bond donors (Lipinski definition) is 1. The van der Waals surface area contributed by atoms with Crippen LogP contribution in [-0.2, 0) is 16.8 Å². The van der Waals surface area contributed by atoms with E-state index in [1.807, 2.05) is 6.07 Å². The van der Waals surface area contributed by atoms with Crippen LogP contribution < -0.4 is 23.7 Å². The Hall–Kier alpha value is -2.78. The van der Waals surface area contributed by atoms with Gasteiger partial charge in [-0.25, -0.2) is 4.79 Å². The summed E-state index contributed by atoms with van der Waals surface area (Å²) in [6, 6.07) is 11.1. The zero-order chi connectivity index (χ0) is 17.3. The molecule has 0 spiro atoms. The highest BCUT2D eigenvalue weighted by atomic mass is 32.2. The Morgan fingerprint density at radius 2 is 1.79 bits per heavy atom. The van der Waals surface area contributed by atoms with E-state index in [1.54, 1.807) is 12.1 Å². The molecule has 0 unspecified atom stereocenters. The summed E-state index contributed by atoms with van der Waals surface area (Å²) in [5.74, 6) is 1.10. The largest absolute Gasteiger partial charge is 0.497 e. The van der Waals surface area contributed by atoms with E-state index in [1.165, 1.54) is 36.3 Å². The van der Waals surface area contributed by atoms with Crippen LogP contribution in [0.4, 0.5) is 10.5 Å². The lowest BCUT2D eigenvalue weighted by Crippen LogP contribution is -2.36. The van der Waals surface area contributed by atoms with Crippen molar-refractivity contribution in [2.75, 3.05) is 12.0 Å². The second-order valence-corrected chi connectivity index (χ2v) is 6.15. The molecule has 2 aromatic carbocycles. The van der Waals surface area contributed by atoms with Gasteiger partial charge in [-0.05, 0) is 36.4 Å². The standard InChI is InChI=1S/C15H14N2O6S/c1-21-13-5-2-10-9-17(15(18)22-14(10)8-13)11-3-6-12(7-4-11)23-24(16,19)20/h2-8H,9H2,1H3,(H2,16,19,20). The smallest absolute Gasteiger partial charge is 0.420 e. The van der Waals surface area contributed by atoms with E-state index in [2.05, 4.69) is 4.18 Å². The molecule has 24 heavy (non-hydrogen) atoms. The number of nitrogens with zero attached hydrogens (tertiary/aromatic N) is 1. The second-order valence-electron chi connectivity index (χ2n) is 5.00. The molecule has 0 atom stereocenters. The molecule has 0 radical (unpaired) electrons. The molecule has 1 aliphatic rings. The van der Waals surface area contributed by atoms with Crippen molar-refractivity contribution in [3.63, 3.8) is 0 Å². The molecule has 3 rings (SSSR count). The monoisotopic (exact) mass is 350 g/mol. The van der Waals surface area contributed by atoms with E-state index >= 15 is 0 Å². The zero-order valence-electron chi connectivity index (χ0n) is 12.6. The maximum absolute atomic E-state index is 12.2. The van der Waals surface area contributed by atoms with E-state index in [4.69, 9.17) is 14.6 Å². The van der Waals surface area contributed by atoms with E-state index < -0.39 is 16.4 Å². The molecule has 2 N–H and O–H groups in total. The molecule has 0 aliphatic carbocycles. The number of carbonyl (C=O) groups excluding carboxylic acids is 1. The average Bonchev–Trinajstić information content (AvgIpc) is 2.53. The van der Waals surface area contributed by atoms with Gasteiger partial charge in [0.25, 0.3) is 0 Å². The van der Waals surface area contributed by atoms with Gasteiger partial charge in [0.2, 0.25) is 0 Å². The molecular weight excluding hydrogens is 336 g/mol. The molecule has 0 aromatic heterocycles. The minimum Gasteiger partial charge on any atom is -0.497 e. The third-order valence-corrected chi connectivity index (χ3v) is 3.81. The number of ether oxygens (including phenoxy) is 2. The molecule has 126 valence electrons. The Morgan fingerprint density at radius 1 is 1.12 bits per heavy atom. The third kappa shape index (κ3) is 3.42. The van der Waals surface area contributed by atoms with Gasteiger partial charge in [0.05, 0.1) is 13.7 Å². The summed E-state index contributed by atoms with van der Waals surface area (Å²) < 4.78 is 36.7. The average molecular weight is 350 g/mol. The highest BCUT2D eigenvalue weighted by Crippen LogP contribution is 2.32. The summed E-state index contributed by atoms with van der Waals surface area (Å²) in [5.41, 5.74) is 1.35. The van der Waals surface area contributed by atoms with E-state index in [-0.39, 0.29) is 5.75 Å². The number of benzene rings is 2. The van der Waals surface area contributed by atoms with Crippen LogP contribution in [-0.4, -0.2) is 21.6 Å². The van der Waals surface area contributed by atoms with Crippen LogP contribution in [0.25, 0.3) is 0 Å². The number of rotatable bonds is 4. The van der Waals surface area contributed by atoms with Gasteiger partial charge in [0, 0.05) is 17.3 Å². The van der Waals surface area contributed by atoms with Crippen LogP contribution in [0.1, 0.15) is 5.56 Å². The second kappa shape index (κ2) is 6.02. The van der Waals surface area contributed by atoms with E-state index in [0.29, 0.717) is 23.7 Å².